The summed E-state index contributed by atoms with van der Waals surface area (Å²) in [6.45, 7) is 19.4. The lowest BCUT2D eigenvalue weighted by molar-refractivity contribution is -0.129. The van der Waals surface area contributed by atoms with Gasteiger partial charge in [-0.05, 0) is 44.4 Å². The number of nitrogens with one attached hydrogen (secondary N) is 1. The molecule has 0 aliphatic rings. The molecular formula is C29H59NO4. The summed E-state index contributed by atoms with van der Waals surface area (Å²) >= 11 is 0. The van der Waals surface area contributed by atoms with Crippen molar-refractivity contribution in [1.29, 1.82) is 0 Å². The molecule has 34 heavy (non-hydrogen) atoms. The fraction of sp³-hybridized carbons (Fsp3) is 0.897. The zero-order chi connectivity index (χ0) is 26.8. The highest BCUT2D eigenvalue weighted by atomic mass is 16.5. The molecular weight excluding hydrogens is 426 g/mol. The molecule has 0 atom stereocenters. The van der Waals surface area contributed by atoms with E-state index in [2.05, 4.69) is 53.8 Å². The molecule has 5 heteroatoms. The Morgan fingerprint density at radius 1 is 0.647 bits per heavy atom. The fourth-order valence-electron chi connectivity index (χ4n) is 2.97. The predicted molar refractivity (Wildman–Crippen MR) is 146 cm³/mol. The summed E-state index contributed by atoms with van der Waals surface area (Å²) < 4.78 is 4.89. The first-order valence-corrected chi connectivity index (χ1v) is 13.7. The van der Waals surface area contributed by atoms with Gasteiger partial charge >= 0.3 is 0 Å². The number of carbonyl (C=O) groups excluding carboxylic acids is 3. The van der Waals surface area contributed by atoms with Crippen molar-refractivity contribution >= 4 is 17.5 Å². The van der Waals surface area contributed by atoms with Gasteiger partial charge in [-0.3, -0.25) is 9.59 Å². The molecule has 0 bridgehead atoms. The molecule has 0 unspecified atom stereocenters. The minimum Gasteiger partial charge on any atom is -0.364 e. The van der Waals surface area contributed by atoms with Crippen molar-refractivity contribution in [3.05, 3.63) is 0 Å². The summed E-state index contributed by atoms with van der Waals surface area (Å²) in [7, 11) is 0. The predicted octanol–water partition coefficient (Wildman–Crippen LogP) is 7.55. The molecule has 0 aromatic rings. The number of Topliss-reactive ketones (excluding diaryl/α,β-unsaturated/α-hetero) is 2. The van der Waals surface area contributed by atoms with Crippen LogP contribution < -0.4 is 5.32 Å². The minimum atomic E-state index is -0.147. The van der Waals surface area contributed by atoms with E-state index in [9.17, 15) is 14.4 Å². The molecule has 0 saturated carbocycles. The van der Waals surface area contributed by atoms with Gasteiger partial charge in [-0.2, -0.15) is 0 Å². The molecule has 0 heterocycles. The highest BCUT2D eigenvalue weighted by Crippen LogP contribution is 2.08. The van der Waals surface area contributed by atoms with E-state index in [1.807, 2.05) is 0 Å². The molecule has 0 aliphatic heterocycles. The number of ketones is 2. The topological polar surface area (TPSA) is 72.5 Å². The van der Waals surface area contributed by atoms with Gasteiger partial charge in [-0.15, -0.1) is 0 Å². The van der Waals surface area contributed by atoms with Crippen molar-refractivity contribution in [3.8, 4) is 0 Å². The van der Waals surface area contributed by atoms with Gasteiger partial charge in [0.05, 0.1) is 0 Å². The smallest absolute Gasteiger partial charge is 0.246 e. The van der Waals surface area contributed by atoms with Gasteiger partial charge in [0.1, 0.15) is 19.0 Å². The Labute approximate surface area is 212 Å². The maximum absolute atomic E-state index is 11.2. The van der Waals surface area contributed by atoms with Crippen LogP contribution in [0.5, 0.6) is 0 Å². The zero-order valence-corrected chi connectivity index (χ0v) is 24.3. The van der Waals surface area contributed by atoms with E-state index in [-0.39, 0.29) is 24.9 Å². The van der Waals surface area contributed by atoms with Crippen molar-refractivity contribution in [2.45, 2.75) is 133 Å². The summed E-state index contributed by atoms with van der Waals surface area (Å²) in [5.74, 6) is 2.52. The van der Waals surface area contributed by atoms with Crippen LogP contribution in [-0.4, -0.2) is 37.2 Å². The summed E-state index contributed by atoms with van der Waals surface area (Å²) in [6, 6.07) is 0. The number of ether oxygens (including phenoxy) is 1. The molecule has 0 fully saturated rings. The molecule has 0 rings (SSSR count). The Morgan fingerprint density at radius 3 is 1.53 bits per heavy atom. The van der Waals surface area contributed by atoms with E-state index in [4.69, 9.17) is 4.74 Å². The maximum atomic E-state index is 11.2. The van der Waals surface area contributed by atoms with Gasteiger partial charge < -0.3 is 14.8 Å². The molecule has 1 amide bonds. The van der Waals surface area contributed by atoms with Crippen LogP contribution in [0.4, 0.5) is 0 Å². The van der Waals surface area contributed by atoms with E-state index in [0.717, 1.165) is 43.4 Å². The highest BCUT2D eigenvalue weighted by Gasteiger charge is 2.02. The largest absolute Gasteiger partial charge is 0.364 e. The third-order valence-corrected chi connectivity index (χ3v) is 5.01. The molecule has 1 N–H and O–H groups in total. The third kappa shape index (κ3) is 44.4. The van der Waals surface area contributed by atoms with Gasteiger partial charge in [0.25, 0.3) is 0 Å². The van der Waals surface area contributed by atoms with Gasteiger partial charge in [-0.25, -0.2) is 0 Å². The lowest BCUT2D eigenvalue weighted by atomic mass is 10.0. The van der Waals surface area contributed by atoms with Crippen LogP contribution in [0.15, 0.2) is 0 Å². The Morgan fingerprint density at radius 2 is 1.12 bits per heavy atom. The van der Waals surface area contributed by atoms with Crippen LogP contribution in [0.2, 0.25) is 0 Å². The first-order valence-electron chi connectivity index (χ1n) is 13.7. The molecule has 204 valence electrons. The average molecular weight is 486 g/mol. The van der Waals surface area contributed by atoms with Crippen LogP contribution in [0.3, 0.4) is 0 Å². The number of unbranched alkanes of at least 4 members (excludes halogenated alkanes) is 4. The molecule has 0 radical (unpaired) electrons. The molecule has 0 saturated heterocycles. The SMILES string of the molecule is CC(=O)CCCCC(C)C.CC(=O)COCC(=O)NCCCCC(C)C.CCCCCC(C)C. The number of amides is 1. The van der Waals surface area contributed by atoms with Crippen molar-refractivity contribution in [1.82, 2.24) is 5.32 Å². The summed E-state index contributed by atoms with van der Waals surface area (Å²) in [5, 5.41) is 2.75. The number of rotatable bonds is 18. The van der Waals surface area contributed by atoms with Crippen LogP contribution in [0, 0.1) is 17.8 Å². The van der Waals surface area contributed by atoms with Crippen LogP contribution >= 0.6 is 0 Å². The summed E-state index contributed by atoms with van der Waals surface area (Å²) in [4.78, 5) is 32.2. The van der Waals surface area contributed by atoms with E-state index in [0.29, 0.717) is 12.3 Å². The quantitative estimate of drug-likeness (QED) is 0.203. The molecule has 0 aliphatic carbocycles. The summed E-state index contributed by atoms with van der Waals surface area (Å²) in [6.07, 6.45) is 13.2. The normalized spacial score (nSPS) is 10.5. The number of hydrogen-bond donors (Lipinski definition) is 1. The van der Waals surface area contributed by atoms with Crippen molar-refractivity contribution in [2.24, 2.45) is 17.8 Å². The zero-order valence-electron chi connectivity index (χ0n) is 24.3. The van der Waals surface area contributed by atoms with Crippen LogP contribution in [0.25, 0.3) is 0 Å². The van der Waals surface area contributed by atoms with E-state index >= 15 is 0 Å². The van der Waals surface area contributed by atoms with Crippen LogP contribution in [-0.2, 0) is 19.1 Å². The van der Waals surface area contributed by atoms with Gasteiger partial charge in [0, 0.05) is 13.0 Å². The molecule has 0 spiro atoms. The Kier molecular flexibility index (Phi) is 30.7. The number of carbonyl (C=O) groups is 3. The third-order valence-electron chi connectivity index (χ3n) is 5.01. The lowest BCUT2D eigenvalue weighted by Gasteiger charge is -2.06. The van der Waals surface area contributed by atoms with E-state index in [1.165, 1.54) is 51.9 Å². The Balaban J connectivity index is -0.000000458. The first kappa shape index (κ1) is 37.3. The molecule has 5 nitrogen and oxygen atoms in total. The standard InChI is InChI=1S/C12H23NO3.C9H18O.C8H18/c1-10(2)6-4-5-7-13-12(15)9-16-8-11(3)14;1-8(2)6-4-5-7-9(3)10;1-4-5-6-7-8(2)3/h10H,4-9H2,1-3H3,(H,13,15);8H,4-7H2,1-3H3;8H,4-7H2,1-3H3. The molecule has 0 aromatic heterocycles. The van der Waals surface area contributed by atoms with Gasteiger partial charge in [0.2, 0.25) is 5.91 Å². The maximum Gasteiger partial charge on any atom is 0.246 e. The first-order chi connectivity index (χ1) is 15.9. The monoisotopic (exact) mass is 485 g/mol. The van der Waals surface area contributed by atoms with Gasteiger partial charge in [-0.1, -0.05) is 99.8 Å². The second kappa shape index (κ2) is 28.0. The minimum absolute atomic E-state index is 0.0147. The highest BCUT2D eigenvalue weighted by molar-refractivity contribution is 5.79. The van der Waals surface area contributed by atoms with Crippen molar-refractivity contribution in [3.63, 3.8) is 0 Å². The van der Waals surface area contributed by atoms with E-state index < -0.39 is 0 Å². The van der Waals surface area contributed by atoms with Gasteiger partial charge in [0.15, 0.2) is 5.78 Å². The number of hydrogen-bond acceptors (Lipinski definition) is 4. The average Bonchev–Trinajstić information content (AvgIpc) is 2.71. The van der Waals surface area contributed by atoms with Crippen molar-refractivity contribution in [2.75, 3.05) is 19.8 Å². The van der Waals surface area contributed by atoms with E-state index in [1.54, 1.807) is 6.92 Å². The van der Waals surface area contributed by atoms with Crippen molar-refractivity contribution < 1.29 is 19.1 Å². The Bertz CT molecular complexity index is 473. The fourth-order valence-corrected chi connectivity index (χ4v) is 2.97. The lowest BCUT2D eigenvalue weighted by Crippen LogP contribution is -2.29. The second-order valence-electron chi connectivity index (χ2n) is 10.7. The Hall–Kier alpha value is -1.23. The van der Waals surface area contributed by atoms with Crippen LogP contribution in [0.1, 0.15) is 133 Å². The summed E-state index contributed by atoms with van der Waals surface area (Å²) in [5.41, 5.74) is 0. The molecule has 0 aromatic carbocycles. The second-order valence-corrected chi connectivity index (χ2v) is 10.7.